The van der Waals surface area contributed by atoms with Crippen molar-refractivity contribution in [1.82, 2.24) is 10.0 Å². The fraction of sp³-hybridized carbons (Fsp3) is 0.909. The van der Waals surface area contributed by atoms with Crippen molar-refractivity contribution in [3.8, 4) is 0 Å². The molecule has 0 aliphatic heterocycles. The minimum atomic E-state index is -3.48. The predicted octanol–water partition coefficient (Wildman–Crippen LogP) is 5.05. The molecule has 0 saturated heterocycles. The summed E-state index contributed by atoms with van der Waals surface area (Å²) in [5.74, 6) is -0.0868. The third-order valence-corrected chi connectivity index (χ3v) is 5.10. The van der Waals surface area contributed by atoms with Crippen LogP contribution in [0.3, 0.4) is 0 Å². The maximum atomic E-state index is 11.6. The van der Waals surface area contributed by atoms with Gasteiger partial charge in [-0.25, -0.2) is 17.9 Å². The van der Waals surface area contributed by atoms with E-state index in [1.807, 2.05) is 25.5 Å². The summed E-state index contributed by atoms with van der Waals surface area (Å²) in [5.41, 5.74) is -0.381. The van der Waals surface area contributed by atoms with Crippen LogP contribution in [0.15, 0.2) is 0 Å². The second-order valence-corrected chi connectivity index (χ2v) is 10.8. The highest BCUT2D eigenvalue weighted by Gasteiger charge is 2.15. The van der Waals surface area contributed by atoms with Crippen LogP contribution in [0.4, 0.5) is 4.79 Å². The smallest absolute Gasteiger partial charge is 0.328 e. The van der Waals surface area contributed by atoms with Gasteiger partial charge in [-0.15, -0.1) is 0 Å². The van der Waals surface area contributed by atoms with Crippen LogP contribution in [-0.4, -0.2) is 38.8 Å². The normalized spacial score (nSPS) is 11.9. The fourth-order valence-electron chi connectivity index (χ4n) is 3.14. The average molecular weight is 449 g/mol. The number of sulfonamides is 1. The van der Waals surface area contributed by atoms with Gasteiger partial charge in [-0.1, -0.05) is 70.6 Å². The summed E-state index contributed by atoms with van der Waals surface area (Å²) in [7, 11) is -3.48. The first-order valence-corrected chi connectivity index (χ1v) is 13.4. The molecule has 0 rings (SSSR count). The third kappa shape index (κ3) is 23.0. The number of unbranched alkanes of at least 4 members (excludes halogenated alkanes) is 12. The molecule has 7 nitrogen and oxygen atoms in total. The van der Waals surface area contributed by atoms with Crippen molar-refractivity contribution in [1.29, 1.82) is 0 Å². The summed E-state index contributed by atoms with van der Waals surface area (Å²) < 4.78 is 28.9. The maximum absolute atomic E-state index is 11.6. The van der Waals surface area contributed by atoms with Crippen molar-refractivity contribution in [2.45, 2.75) is 116 Å². The number of carbonyl (C=O) groups excluding carboxylic acids is 2. The molecule has 0 saturated carbocycles. The molecule has 2 amide bonds. The Morgan fingerprint density at radius 3 is 1.53 bits per heavy atom. The van der Waals surface area contributed by atoms with Crippen LogP contribution < -0.4 is 10.0 Å². The Kier molecular flexibility index (Phi) is 15.7. The minimum Gasteiger partial charge on any atom is -0.460 e. The van der Waals surface area contributed by atoms with Crippen molar-refractivity contribution in [3.63, 3.8) is 0 Å². The molecule has 0 bridgehead atoms. The zero-order valence-electron chi connectivity index (χ0n) is 19.6. The van der Waals surface area contributed by atoms with Gasteiger partial charge in [0.25, 0.3) is 0 Å². The van der Waals surface area contributed by atoms with Crippen molar-refractivity contribution >= 4 is 22.0 Å². The molecule has 0 aromatic heterocycles. The first-order valence-electron chi connectivity index (χ1n) is 11.5. The number of amides is 2. The molecular formula is C22H44N2O5S. The van der Waals surface area contributed by atoms with Gasteiger partial charge in [0, 0.05) is 13.0 Å². The Hall–Kier alpha value is -1.31. The van der Waals surface area contributed by atoms with E-state index in [4.69, 9.17) is 4.74 Å². The van der Waals surface area contributed by atoms with Gasteiger partial charge in [-0.2, -0.15) is 0 Å². The molecule has 0 spiro atoms. The molecule has 0 unspecified atom stereocenters. The van der Waals surface area contributed by atoms with E-state index in [2.05, 4.69) is 5.32 Å². The number of ether oxygens (including phenoxy) is 1. The minimum absolute atomic E-state index is 0.0868. The largest absolute Gasteiger partial charge is 0.460 e. The molecule has 178 valence electrons. The molecule has 0 heterocycles. The molecule has 0 radical (unpaired) electrons. The van der Waals surface area contributed by atoms with Crippen LogP contribution in [0, 0.1) is 0 Å². The van der Waals surface area contributed by atoms with Crippen LogP contribution in [0.5, 0.6) is 0 Å². The Balaban J connectivity index is 3.27. The van der Waals surface area contributed by atoms with Crippen molar-refractivity contribution in [2.24, 2.45) is 0 Å². The number of urea groups is 1. The molecule has 0 atom stereocenters. The first kappa shape index (κ1) is 28.7. The van der Waals surface area contributed by atoms with E-state index in [0.29, 0.717) is 13.0 Å². The maximum Gasteiger partial charge on any atom is 0.328 e. The van der Waals surface area contributed by atoms with Crippen molar-refractivity contribution in [2.75, 3.05) is 12.8 Å². The highest BCUT2D eigenvalue weighted by molar-refractivity contribution is 7.89. The lowest BCUT2D eigenvalue weighted by Crippen LogP contribution is -2.39. The molecule has 0 aliphatic carbocycles. The zero-order valence-corrected chi connectivity index (χ0v) is 20.4. The lowest BCUT2D eigenvalue weighted by molar-refractivity contribution is -0.154. The van der Waals surface area contributed by atoms with E-state index >= 15 is 0 Å². The summed E-state index contributed by atoms with van der Waals surface area (Å²) in [6.45, 7) is 6.20. The van der Waals surface area contributed by atoms with Gasteiger partial charge in [-0.3, -0.25) is 4.79 Å². The van der Waals surface area contributed by atoms with E-state index in [1.54, 1.807) is 0 Å². The molecule has 2 N–H and O–H groups in total. The summed E-state index contributed by atoms with van der Waals surface area (Å²) >= 11 is 0. The van der Waals surface area contributed by atoms with Crippen LogP contribution in [-0.2, 0) is 19.6 Å². The lowest BCUT2D eigenvalue weighted by atomic mass is 10.0. The van der Waals surface area contributed by atoms with Crippen molar-refractivity contribution < 1.29 is 22.7 Å². The highest BCUT2D eigenvalue weighted by Crippen LogP contribution is 2.14. The van der Waals surface area contributed by atoms with E-state index < -0.39 is 16.1 Å². The number of esters is 1. The summed E-state index contributed by atoms with van der Waals surface area (Å²) in [4.78, 5) is 22.8. The first-order chi connectivity index (χ1) is 14.0. The number of hydrogen-bond acceptors (Lipinski definition) is 5. The van der Waals surface area contributed by atoms with Crippen LogP contribution >= 0.6 is 0 Å². The summed E-state index contributed by atoms with van der Waals surface area (Å²) in [5, 5.41) is 2.54. The molecular weight excluding hydrogens is 404 g/mol. The van der Waals surface area contributed by atoms with Crippen LogP contribution in [0.25, 0.3) is 0 Å². The third-order valence-electron chi connectivity index (χ3n) is 4.54. The van der Waals surface area contributed by atoms with Crippen LogP contribution in [0.1, 0.15) is 111 Å². The highest BCUT2D eigenvalue weighted by atomic mass is 32.2. The van der Waals surface area contributed by atoms with E-state index in [9.17, 15) is 18.0 Å². The van der Waals surface area contributed by atoms with Gasteiger partial charge < -0.3 is 10.1 Å². The molecule has 0 aliphatic rings. The Labute approximate surface area is 184 Å². The van der Waals surface area contributed by atoms with E-state index in [0.717, 1.165) is 38.4 Å². The number of rotatable bonds is 17. The predicted molar refractivity (Wildman–Crippen MR) is 122 cm³/mol. The van der Waals surface area contributed by atoms with E-state index in [1.165, 1.54) is 51.4 Å². The topological polar surface area (TPSA) is 102 Å². The SMILES string of the molecule is CC(C)(C)OC(=O)CCCCCCCCCCCCCCCNC(=O)NS(C)(=O)=O. The van der Waals surface area contributed by atoms with Gasteiger partial charge in [0.05, 0.1) is 6.26 Å². The molecule has 0 aromatic carbocycles. The quantitative estimate of drug-likeness (QED) is 0.239. The Morgan fingerprint density at radius 2 is 1.13 bits per heavy atom. The molecule has 0 aromatic rings. The van der Waals surface area contributed by atoms with Gasteiger partial charge >= 0.3 is 12.0 Å². The van der Waals surface area contributed by atoms with Gasteiger partial charge in [0.1, 0.15) is 5.60 Å². The van der Waals surface area contributed by atoms with Crippen LogP contribution in [0.2, 0.25) is 0 Å². The molecule has 30 heavy (non-hydrogen) atoms. The fourth-order valence-corrected chi connectivity index (χ4v) is 3.55. The second kappa shape index (κ2) is 16.4. The Morgan fingerprint density at radius 1 is 0.733 bits per heavy atom. The Bertz CT molecular complexity index is 571. The lowest BCUT2D eigenvalue weighted by Gasteiger charge is -2.19. The number of hydrogen-bond donors (Lipinski definition) is 2. The van der Waals surface area contributed by atoms with Crippen molar-refractivity contribution in [3.05, 3.63) is 0 Å². The second-order valence-electron chi connectivity index (χ2n) is 9.06. The average Bonchev–Trinajstić information content (AvgIpc) is 2.58. The standard InChI is InChI=1S/C22H44N2O5S/c1-22(2,3)29-20(25)18-16-14-12-10-8-6-5-7-9-11-13-15-17-19-23-21(26)24-30(4,27)28/h5-19H2,1-4H3,(H2,23,24,26). The molecule has 0 fully saturated rings. The van der Waals surface area contributed by atoms with Gasteiger partial charge in [0.15, 0.2) is 0 Å². The monoisotopic (exact) mass is 448 g/mol. The van der Waals surface area contributed by atoms with Gasteiger partial charge in [-0.05, 0) is 33.6 Å². The summed E-state index contributed by atoms with van der Waals surface area (Å²) in [6.07, 6.45) is 16.6. The van der Waals surface area contributed by atoms with Gasteiger partial charge in [0.2, 0.25) is 10.0 Å². The number of carbonyl (C=O) groups is 2. The molecule has 8 heteroatoms. The number of nitrogens with one attached hydrogen (secondary N) is 2. The zero-order chi connectivity index (χ0) is 22.9. The van der Waals surface area contributed by atoms with E-state index in [-0.39, 0.29) is 11.6 Å². The summed E-state index contributed by atoms with van der Waals surface area (Å²) in [6, 6.07) is -0.652.